The number of hydrogen-bond acceptors (Lipinski definition) is 2. The van der Waals surface area contributed by atoms with E-state index < -0.39 is 12.7 Å². The number of nitrogens with one attached hydrogen (secondary N) is 2. The van der Waals surface area contributed by atoms with Crippen LogP contribution in [0, 0.1) is 6.92 Å². The zero-order valence-corrected chi connectivity index (χ0v) is 18.7. The van der Waals surface area contributed by atoms with Crippen LogP contribution in [0.3, 0.4) is 0 Å². The molecule has 0 aromatic heterocycles. The number of nitrogens with zero attached hydrogens (tertiary/aromatic N) is 2. The third-order valence-electron chi connectivity index (χ3n) is 4.77. The van der Waals surface area contributed by atoms with E-state index in [1.54, 1.807) is 7.05 Å². The zero-order chi connectivity index (χ0) is 19.4. The lowest BCUT2D eigenvalue weighted by atomic mass is 9.84. The molecule has 0 amide bonds. The smallest absolute Gasteiger partial charge is 0.356 e. The molecule has 1 aliphatic rings. The maximum absolute atomic E-state index is 12.5. The number of benzene rings is 1. The first-order valence-corrected chi connectivity index (χ1v) is 8.92. The maximum Gasteiger partial charge on any atom is 0.401 e. The van der Waals surface area contributed by atoms with Crippen LogP contribution in [-0.2, 0) is 5.41 Å². The summed E-state index contributed by atoms with van der Waals surface area (Å²) in [5, 5.41) is 6.56. The molecule has 154 valence electrons. The minimum atomic E-state index is -4.15. The third kappa shape index (κ3) is 7.85. The van der Waals surface area contributed by atoms with Crippen LogP contribution >= 0.6 is 24.0 Å². The summed E-state index contributed by atoms with van der Waals surface area (Å²) in [5.74, 6) is 0.629. The molecule has 1 atom stereocenters. The van der Waals surface area contributed by atoms with Gasteiger partial charge < -0.3 is 10.6 Å². The summed E-state index contributed by atoms with van der Waals surface area (Å²) < 4.78 is 37.5. The van der Waals surface area contributed by atoms with E-state index in [1.807, 2.05) is 0 Å². The zero-order valence-electron chi connectivity index (χ0n) is 16.4. The monoisotopic (exact) mass is 498 g/mol. The van der Waals surface area contributed by atoms with Gasteiger partial charge in [-0.25, -0.2) is 0 Å². The second kappa shape index (κ2) is 9.95. The Bertz CT molecular complexity index is 614. The standard InChI is InChI=1S/C19H29F3N4.HI/c1-14-5-7-15(8-6-14)18(2,3)12-24-17(23-4)25-16-9-10-26(11-16)13-19(20,21)22;/h5-8,16H,9-13H2,1-4H3,(H2,23,24,25);1H. The number of likely N-dealkylation sites (tertiary alicyclic amines) is 1. The molecule has 1 saturated heterocycles. The Hall–Kier alpha value is -1.03. The van der Waals surface area contributed by atoms with Crippen molar-refractivity contribution in [2.75, 3.05) is 33.2 Å². The van der Waals surface area contributed by atoms with Crippen molar-refractivity contribution in [3.05, 3.63) is 35.4 Å². The summed E-state index contributed by atoms with van der Waals surface area (Å²) in [6.07, 6.45) is -3.47. The Morgan fingerprint density at radius 3 is 2.41 bits per heavy atom. The average molecular weight is 498 g/mol. The highest BCUT2D eigenvalue weighted by Crippen LogP contribution is 2.23. The van der Waals surface area contributed by atoms with Crippen molar-refractivity contribution in [1.29, 1.82) is 0 Å². The van der Waals surface area contributed by atoms with Gasteiger partial charge in [0.25, 0.3) is 0 Å². The molecule has 0 aliphatic carbocycles. The molecule has 1 heterocycles. The quantitative estimate of drug-likeness (QED) is 0.370. The van der Waals surface area contributed by atoms with Gasteiger partial charge >= 0.3 is 6.18 Å². The molecular formula is C19H30F3IN4. The number of aliphatic imine (C=N–C) groups is 1. The van der Waals surface area contributed by atoms with Crippen LogP contribution in [0.25, 0.3) is 0 Å². The van der Waals surface area contributed by atoms with Crippen LogP contribution < -0.4 is 10.6 Å². The average Bonchev–Trinajstić information content (AvgIpc) is 2.96. The summed E-state index contributed by atoms with van der Waals surface area (Å²) >= 11 is 0. The van der Waals surface area contributed by atoms with E-state index in [0.717, 1.165) is 0 Å². The van der Waals surface area contributed by atoms with Gasteiger partial charge in [-0.2, -0.15) is 13.2 Å². The van der Waals surface area contributed by atoms with Gasteiger partial charge in [-0.05, 0) is 18.9 Å². The number of halogens is 4. The highest BCUT2D eigenvalue weighted by Gasteiger charge is 2.34. The molecular weight excluding hydrogens is 468 g/mol. The molecule has 1 aliphatic heterocycles. The minimum Gasteiger partial charge on any atom is -0.356 e. The van der Waals surface area contributed by atoms with E-state index in [1.165, 1.54) is 16.0 Å². The number of hydrogen-bond donors (Lipinski definition) is 2. The van der Waals surface area contributed by atoms with Crippen LogP contribution in [0.5, 0.6) is 0 Å². The van der Waals surface area contributed by atoms with Gasteiger partial charge in [0, 0.05) is 38.1 Å². The summed E-state index contributed by atoms with van der Waals surface area (Å²) in [5.41, 5.74) is 2.35. The summed E-state index contributed by atoms with van der Waals surface area (Å²) in [4.78, 5) is 5.65. The molecule has 4 nitrogen and oxygen atoms in total. The highest BCUT2D eigenvalue weighted by atomic mass is 127. The lowest BCUT2D eigenvalue weighted by Crippen LogP contribution is -2.48. The van der Waals surface area contributed by atoms with Crippen LogP contribution in [-0.4, -0.2) is 56.3 Å². The van der Waals surface area contributed by atoms with Crippen molar-refractivity contribution in [2.24, 2.45) is 4.99 Å². The Kier molecular flexibility index (Phi) is 8.85. The lowest BCUT2D eigenvalue weighted by Gasteiger charge is -2.28. The molecule has 2 N–H and O–H groups in total. The maximum atomic E-state index is 12.5. The highest BCUT2D eigenvalue weighted by molar-refractivity contribution is 14.0. The van der Waals surface area contributed by atoms with Crippen LogP contribution in [0.1, 0.15) is 31.4 Å². The molecule has 1 fully saturated rings. The molecule has 1 aromatic carbocycles. The van der Waals surface area contributed by atoms with Gasteiger partial charge in [0.1, 0.15) is 0 Å². The molecule has 0 bridgehead atoms. The van der Waals surface area contributed by atoms with Crippen molar-refractivity contribution >= 4 is 29.9 Å². The van der Waals surface area contributed by atoms with Gasteiger partial charge in [-0.15, -0.1) is 24.0 Å². The molecule has 1 unspecified atom stereocenters. The lowest BCUT2D eigenvalue weighted by molar-refractivity contribution is -0.143. The van der Waals surface area contributed by atoms with Gasteiger partial charge in [-0.1, -0.05) is 43.7 Å². The molecule has 0 spiro atoms. The predicted molar refractivity (Wildman–Crippen MR) is 115 cm³/mol. The summed E-state index contributed by atoms with van der Waals surface area (Å²) in [6.45, 7) is 7.01. The second-order valence-corrected chi connectivity index (χ2v) is 7.66. The molecule has 8 heteroatoms. The Labute approximate surface area is 177 Å². The van der Waals surface area contributed by atoms with Gasteiger partial charge in [0.15, 0.2) is 5.96 Å². The van der Waals surface area contributed by atoms with E-state index in [-0.39, 0.29) is 35.4 Å². The molecule has 2 rings (SSSR count). The number of aryl methyl sites for hydroxylation is 1. The first-order chi connectivity index (χ1) is 12.1. The van der Waals surface area contributed by atoms with E-state index in [4.69, 9.17) is 0 Å². The Balaban J connectivity index is 0.00000364. The van der Waals surface area contributed by atoms with Gasteiger partial charge in [-0.3, -0.25) is 9.89 Å². The van der Waals surface area contributed by atoms with Crippen molar-refractivity contribution in [3.8, 4) is 0 Å². The number of alkyl halides is 3. The van der Waals surface area contributed by atoms with Crippen LogP contribution in [0.2, 0.25) is 0 Å². The number of guanidine groups is 1. The topological polar surface area (TPSA) is 39.7 Å². The molecule has 0 saturated carbocycles. The normalized spacial score (nSPS) is 18.9. The van der Waals surface area contributed by atoms with Crippen molar-refractivity contribution in [3.63, 3.8) is 0 Å². The van der Waals surface area contributed by atoms with Crippen molar-refractivity contribution in [2.45, 2.75) is 44.8 Å². The van der Waals surface area contributed by atoms with Crippen LogP contribution in [0.4, 0.5) is 13.2 Å². The van der Waals surface area contributed by atoms with Crippen molar-refractivity contribution < 1.29 is 13.2 Å². The fourth-order valence-electron chi connectivity index (χ4n) is 3.15. The predicted octanol–water partition coefficient (Wildman–Crippen LogP) is 3.69. The third-order valence-corrected chi connectivity index (χ3v) is 4.77. The second-order valence-electron chi connectivity index (χ2n) is 7.66. The van der Waals surface area contributed by atoms with E-state index in [0.29, 0.717) is 32.0 Å². The van der Waals surface area contributed by atoms with E-state index in [9.17, 15) is 13.2 Å². The fourth-order valence-corrected chi connectivity index (χ4v) is 3.15. The number of rotatable bonds is 5. The summed E-state index contributed by atoms with van der Waals surface area (Å²) in [6, 6.07) is 8.42. The first-order valence-electron chi connectivity index (χ1n) is 8.92. The fraction of sp³-hybridized carbons (Fsp3) is 0.632. The van der Waals surface area contributed by atoms with Crippen molar-refractivity contribution in [1.82, 2.24) is 15.5 Å². The molecule has 27 heavy (non-hydrogen) atoms. The minimum absolute atomic E-state index is 0. The van der Waals surface area contributed by atoms with Crippen LogP contribution in [0.15, 0.2) is 29.3 Å². The first kappa shape index (κ1) is 24.0. The van der Waals surface area contributed by atoms with Gasteiger partial charge in [0.05, 0.1) is 6.54 Å². The summed E-state index contributed by atoms with van der Waals surface area (Å²) in [7, 11) is 1.68. The molecule has 0 radical (unpaired) electrons. The van der Waals surface area contributed by atoms with E-state index in [2.05, 4.69) is 60.7 Å². The Morgan fingerprint density at radius 2 is 1.85 bits per heavy atom. The Morgan fingerprint density at radius 1 is 1.22 bits per heavy atom. The largest absolute Gasteiger partial charge is 0.401 e. The SMILES string of the molecule is CN=C(NCC(C)(C)c1ccc(C)cc1)NC1CCN(CC(F)(F)F)C1.I. The van der Waals surface area contributed by atoms with Gasteiger partial charge in [0.2, 0.25) is 0 Å². The molecule has 1 aromatic rings. The van der Waals surface area contributed by atoms with E-state index >= 15 is 0 Å².